The number of nitrogens with two attached hydrogens (primary N) is 1. The van der Waals surface area contributed by atoms with E-state index in [-0.39, 0.29) is 41.6 Å². The Morgan fingerprint density at radius 3 is 2.36 bits per heavy atom. The maximum absolute atomic E-state index is 12.7. The summed E-state index contributed by atoms with van der Waals surface area (Å²) in [6.07, 6.45) is 5.64. The number of nitrogen functional groups attached to an aromatic ring is 1. The van der Waals surface area contributed by atoms with Gasteiger partial charge < -0.3 is 50.9 Å². The van der Waals surface area contributed by atoms with Crippen molar-refractivity contribution in [2.75, 3.05) is 37.8 Å². The van der Waals surface area contributed by atoms with Crippen LogP contribution < -0.4 is 16.4 Å². The number of aromatic nitrogens is 4. The number of aliphatic hydroxyl groups is 2. The van der Waals surface area contributed by atoms with Gasteiger partial charge in [0.05, 0.1) is 19.5 Å². The molecule has 10 N–H and O–H groups in total. The third-order valence-corrected chi connectivity index (χ3v) is 12.9. The molecular formula is C33H56N7O17P3S. The number of hydrogen-bond acceptors (Lipinski definition) is 18. The lowest BCUT2D eigenvalue weighted by atomic mass is 9.87. The zero-order valence-electron chi connectivity index (χ0n) is 33.9. The predicted octanol–water partition coefficient (Wildman–Crippen LogP) is 2.36. The number of anilines is 1. The molecular weight excluding hydrogens is 891 g/mol. The van der Waals surface area contributed by atoms with Gasteiger partial charge in [-0.15, -0.1) is 0 Å². The number of amides is 2. The standard InChI is InChI=1S/C33H56N7O17P3S/c1-4-5-6-7-8-9-10-11-12-13-24(42)61-17-16-35-23(41)14-15-36-31(45)28(44)33(2,3)19-54-60(51,52)57-59(49,50)53-18-22-27(56-58(46,47)48)26(43)32(55-22)40-21-39-25-29(34)37-20-38-30(25)40/h12-13,20-22,26-28,32,43-44H,4-11,14-19H2,1-3H3,(H,35,41)(H,36,45)(H,49,50)(H,51,52)(H2,34,37,38)(H2,46,47,48)/t22-,26-,27-,28?,32-/m1/s1. The van der Waals surface area contributed by atoms with E-state index < -0.39 is 84.6 Å². The number of phosphoric acid groups is 3. The maximum atomic E-state index is 12.7. The van der Waals surface area contributed by atoms with Crippen LogP contribution in [0.5, 0.6) is 0 Å². The van der Waals surface area contributed by atoms with Gasteiger partial charge >= 0.3 is 23.5 Å². The number of carbonyl (C=O) groups excluding carboxylic acids is 3. The molecule has 1 aliphatic rings. The molecule has 0 spiro atoms. The highest BCUT2D eigenvalue weighted by Crippen LogP contribution is 2.61. The van der Waals surface area contributed by atoms with E-state index in [1.54, 1.807) is 0 Å². The second kappa shape index (κ2) is 24.4. The Labute approximate surface area is 356 Å². The lowest BCUT2D eigenvalue weighted by Crippen LogP contribution is -2.46. The van der Waals surface area contributed by atoms with E-state index in [1.165, 1.54) is 52.0 Å². The topological polar surface area (TPSA) is 364 Å². The zero-order chi connectivity index (χ0) is 45.4. The average Bonchev–Trinajstić information content (AvgIpc) is 3.73. The second-order valence-electron chi connectivity index (χ2n) is 14.5. The molecule has 2 aromatic rings. The number of allylic oxidation sites excluding steroid dienone is 1. The quantitative estimate of drug-likeness (QED) is 0.0336. The van der Waals surface area contributed by atoms with Crippen LogP contribution in [-0.4, -0.2) is 123 Å². The number of hydrogen-bond donors (Lipinski definition) is 9. The molecule has 0 radical (unpaired) electrons. The van der Waals surface area contributed by atoms with Gasteiger partial charge in [0.15, 0.2) is 17.7 Å². The van der Waals surface area contributed by atoms with Crippen LogP contribution in [-0.2, 0) is 50.7 Å². The Morgan fingerprint density at radius 2 is 1.67 bits per heavy atom. The number of ether oxygens (including phenoxy) is 1. The average molecular weight is 948 g/mol. The van der Waals surface area contributed by atoms with Gasteiger partial charge in [-0.1, -0.05) is 77.1 Å². The van der Waals surface area contributed by atoms with Crippen molar-refractivity contribution in [2.45, 2.75) is 109 Å². The summed E-state index contributed by atoms with van der Waals surface area (Å²) in [6, 6.07) is 0. The predicted molar refractivity (Wildman–Crippen MR) is 219 cm³/mol. The van der Waals surface area contributed by atoms with Crippen molar-refractivity contribution in [3.05, 3.63) is 24.8 Å². The summed E-state index contributed by atoms with van der Waals surface area (Å²) in [4.78, 5) is 87.9. The molecule has 346 valence electrons. The van der Waals surface area contributed by atoms with Gasteiger partial charge in [0.2, 0.25) is 16.9 Å². The highest BCUT2D eigenvalue weighted by molar-refractivity contribution is 8.14. The van der Waals surface area contributed by atoms with Crippen molar-refractivity contribution in [2.24, 2.45) is 5.41 Å². The first-order chi connectivity index (χ1) is 28.6. The first-order valence-electron chi connectivity index (χ1n) is 19.3. The number of nitrogens with zero attached hydrogens (tertiary/aromatic N) is 4. The van der Waals surface area contributed by atoms with Gasteiger partial charge in [0, 0.05) is 30.7 Å². The summed E-state index contributed by atoms with van der Waals surface area (Å²) < 4.78 is 62.3. The molecule has 3 unspecified atom stereocenters. The Balaban J connectivity index is 1.40. The summed E-state index contributed by atoms with van der Waals surface area (Å²) >= 11 is 1.06. The van der Waals surface area contributed by atoms with Crippen molar-refractivity contribution in [3.63, 3.8) is 0 Å². The van der Waals surface area contributed by atoms with Crippen LogP contribution >= 0.6 is 35.2 Å². The smallest absolute Gasteiger partial charge is 0.386 e. The molecule has 1 aliphatic heterocycles. The summed E-state index contributed by atoms with van der Waals surface area (Å²) in [7, 11) is -16.4. The van der Waals surface area contributed by atoms with Crippen molar-refractivity contribution in [1.29, 1.82) is 0 Å². The first kappa shape index (κ1) is 52.6. The number of unbranched alkanes of at least 4 members (excludes halogenated alkanes) is 7. The van der Waals surface area contributed by atoms with Crippen LogP contribution in [0.25, 0.3) is 11.2 Å². The number of phosphoric ester groups is 3. The minimum absolute atomic E-state index is 0.0317. The van der Waals surface area contributed by atoms with Crippen LogP contribution in [0, 0.1) is 5.41 Å². The van der Waals surface area contributed by atoms with Crippen molar-refractivity contribution >= 4 is 69.1 Å². The Morgan fingerprint density at radius 1 is 1.00 bits per heavy atom. The highest BCUT2D eigenvalue weighted by Gasteiger charge is 2.50. The number of carbonyl (C=O) groups is 3. The first-order valence-corrected chi connectivity index (χ1v) is 24.8. The number of nitrogens with one attached hydrogen (secondary N) is 2. The fourth-order valence-electron chi connectivity index (χ4n) is 5.73. The number of thioether (sulfide) groups is 1. The third-order valence-electron chi connectivity index (χ3n) is 8.97. The Hall–Kier alpha value is -2.70. The minimum atomic E-state index is -5.57. The molecule has 24 nitrogen and oxygen atoms in total. The normalized spacial score (nSPS) is 21.0. The van der Waals surface area contributed by atoms with E-state index in [9.17, 15) is 57.9 Å². The van der Waals surface area contributed by atoms with Crippen molar-refractivity contribution < 1.29 is 80.5 Å². The Bertz CT molecular complexity index is 1940. The van der Waals surface area contributed by atoms with Gasteiger partial charge in [0.1, 0.15) is 36.3 Å². The van der Waals surface area contributed by atoms with Crippen LogP contribution in [0.1, 0.15) is 84.8 Å². The monoisotopic (exact) mass is 947 g/mol. The van der Waals surface area contributed by atoms with Crippen LogP contribution in [0.15, 0.2) is 24.8 Å². The number of fused-ring (bicyclic) bond motifs is 1. The Kier molecular flexibility index (Phi) is 21.0. The van der Waals surface area contributed by atoms with Crippen molar-refractivity contribution in [3.8, 4) is 0 Å². The molecule has 28 heteroatoms. The molecule has 2 amide bonds. The van der Waals surface area contributed by atoms with Gasteiger partial charge in [0.25, 0.3) is 0 Å². The molecule has 2 aromatic heterocycles. The molecule has 0 aromatic carbocycles. The molecule has 7 atom stereocenters. The lowest BCUT2D eigenvalue weighted by molar-refractivity contribution is -0.137. The largest absolute Gasteiger partial charge is 0.481 e. The molecule has 0 aliphatic carbocycles. The van der Waals surface area contributed by atoms with E-state index >= 15 is 0 Å². The number of aliphatic hydroxyl groups excluding tert-OH is 2. The minimum Gasteiger partial charge on any atom is -0.386 e. The molecule has 0 bridgehead atoms. The van der Waals surface area contributed by atoms with E-state index in [0.717, 1.165) is 48.2 Å². The summed E-state index contributed by atoms with van der Waals surface area (Å²) in [6.45, 7) is 2.69. The van der Waals surface area contributed by atoms with Crippen LogP contribution in [0.4, 0.5) is 5.82 Å². The van der Waals surface area contributed by atoms with E-state index in [4.69, 9.17) is 19.5 Å². The molecule has 3 rings (SSSR count). The summed E-state index contributed by atoms with van der Waals surface area (Å²) in [5.74, 6) is -1.10. The van der Waals surface area contributed by atoms with Gasteiger partial charge in [-0.05, 0) is 18.9 Å². The van der Waals surface area contributed by atoms with Gasteiger partial charge in [-0.2, -0.15) is 4.31 Å². The SMILES string of the molecule is CCCCCCCCCC=CC(=O)SCCNC(=O)CCNC(=O)C(O)C(C)(C)COP(=O)(O)OP(=O)(O)OC[C@H]1O[C@@H](n2cnc3c(N)ncnc32)[C@H](O)[C@@H]1OP(=O)(O)O. The summed E-state index contributed by atoms with van der Waals surface area (Å²) in [5, 5.41) is 26.4. The lowest BCUT2D eigenvalue weighted by Gasteiger charge is -2.30. The fourth-order valence-corrected chi connectivity index (χ4v) is 9.16. The van der Waals surface area contributed by atoms with E-state index in [2.05, 4.69) is 41.3 Å². The number of imidazole rings is 1. The number of rotatable bonds is 28. The van der Waals surface area contributed by atoms with Gasteiger partial charge in [-0.25, -0.2) is 28.6 Å². The molecule has 3 heterocycles. The molecule has 0 saturated carbocycles. The van der Waals surface area contributed by atoms with Crippen LogP contribution in [0.2, 0.25) is 0 Å². The van der Waals surface area contributed by atoms with Gasteiger partial charge in [-0.3, -0.25) is 32.5 Å². The van der Waals surface area contributed by atoms with Crippen LogP contribution in [0.3, 0.4) is 0 Å². The zero-order valence-corrected chi connectivity index (χ0v) is 37.4. The molecule has 1 fully saturated rings. The fraction of sp³-hybridized carbons (Fsp3) is 0.697. The molecule has 61 heavy (non-hydrogen) atoms. The second-order valence-corrected chi connectivity index (χ2v) is 19.9. The van der Waals surface area contributed by atoms with Crippen molar-refractivity contribution in [1.82, 2.24) is 30.2 Å². The van der Waals surface area contributed by atoms with E-state index in [0.29, 0.717) is 5.75 Å². The van der Waals surface area contributed by atoms with E-state index in [1.807, 2.05) is 6.08 Å². The highest BCUT2D eigenvalue weighted by atomic mass is 32.2. The summed E-state index contributed by atoms with van der Waals surface area (Å²) in [5.41, 5.74) is 4.27. The maximum Gasteiger partial charge on any atom is 0.481 e. The third kappa shape index (κ3) is 18.1. The molecule has 1 saturated heterocycles.